The third kappa shape index (κ3) is 3.22. The van der Waals surface area contributed by atoms with Crippen LogP contribution >= 0.6 is 0 Å². The largest absolute Gasteiger partial charge is 0.497 e. The quantitative estimate of drug-likeness (QED) is 0.895. The van der Waals surface area contributed by atoms with Crippen molar-refractivity contribution in [2.24, 2.45) is 0 Å². The molecule has 3 atom stereocenters. The van der Waals surface area contributed by atoms with E-state index >= 15 is 0 Å². The van der Waals surface area contributed by atoms with E-state index in [-0.39, 0.29) is 11.7 Å². The van der Waals surface area contributed by atoms with Gasteiger partial charge in [-0.1, -0.05) is 31.2 Å². The van der Waals surface area contributed by atoms with E-state index in [4.69, 9.17) is 9.47 Å². The Balaban J connectivity index is 1.98. The average Bonchev–Trinajstić information content (AvgIpc) is 2.91. The second-order valence-corrected chi connectivity index (χ2v) is 5.42. The molecule has 1 saturated heterocycles. The highest BCUT2D eigenvalue weighted by molar-refractivity contribution is 5.51. The molecule has 0 spiro atoms. The van der Waals surface area contributed by atoms with Gasteiger partial charge in [0.1, 0.15) is 5.75 Å². The lowest BCUT2D eigenvalue weighted by atomic mass is 9.91. The molecule has 3 heteroatoms. The van der Waals surface area contributed by atoms with Crippen molar-refractivity contribution in [3.63, 3.8) is 0 Å². The minimum Gasteiger partial charge on any atom is -0.497 e. The Morgan fingerprint density at radius 1 is 1.45 bits per heavy atom. The zero-order valence-corrected chi connectivity index (χ0v) is 12.5. The molecule has 1 aromatic carbocycles. The van der Waals surface area contributed by atoms with Gasteiger partial charge < -0.3 is 14.6 Å². The maximum Gasteiger partial charge on any atom is 0.118 e. The van der Waals surface area contributed by atoms with Crippen LogP contribution in [0.4, 0.5) is 0 Å². The first-order valence-electron chi connectivity index (χ1n) is 7.28. The summed E-state index contributed by atoms with van der Waals surface area (Å²) in [7, 11) is 1.66. The lowest BCUT2D eigenvalue weighted by Gasteiger charge is -2.30. The summed E-state index contributed by atoms with van der Waals surface area (Å²) in [5, 5.41) is 9.90. The summed E-state index contributed by atoms with van der Waals surface area (Å²) in [6, 6.07) is 7.93. The van der Waals surface area contributed by atoms with Crippen LogP contribution in [0, 0.1) is 0 Å². The van der Waals surface area contributed by atoms with Crippen molar-refractivity contribution < 1.29 is 14.6 Å². The van der Waals surface area contributed by atoms with Crippen LogP contribution in [0.5, 0.6) is 5.75 Å². The maximum atomic E-state index is 9.90. The van der Waals surface area contributed by atoms with Crippen LogP contribution in [-0.2, 0) is 4.74 Å². The summed E-state index contributed by atoms with van der Waals surface area (Å²) >= 11 is 0. The molecule has 1 aliphatic rings. The van der Waals surface area contributed by atoms with Crippen LogP contribution in [0.15, 0.2) is 30.3 Å². The first kappa shape index (κ1) is 15.1. The van der Waals surface area contributed by atoms with Crippen LogP contribution in [-0.4, -0.2) is 30.0 Å². The molecule has 0 aliphatic carbocycles. The Bertz CT molecular complexity index is 450. The van der Waals surface area contributed by atoms with Crippen molar-refractivity contribution in [2.45, 2.75) is 50.9 Å². The maximum absolute atomic E-state index is 9.90. The molecule has 1 fully saturated rings. The molecule has 1 N–H and O–H groups in total. The first-order chi connectivity index (χ1) is 9.59. The number of ether oxygens (including phenoxy) is 2. The van der Waals surface area contributed by atoms with E-state index in [0.717, 1.165) is 30.6 Å². The Labute approximate surface area is 121 Å². The molecule has 0 aromatic heterocycles. The molecular weight excluding hydrogens is 252 g/mol. The van der Waals surface area contributed by atoms with E-state index in [9.17, 15) is 5.11 Å². The molecular formula is C17H24O3. The highest BCUT2D eigenvalue weighted by Crippen LogP contribution is 2.36. The average molecular weight is 276 g/mol. The number of aliphatic hydroxyl groups excluding tert-OH is 1. The lowest BCUT2D eigenvalue weighted by molar-refractivity contribution is -0.101. The monoisotopic (exact) mass is 276 g/mol. The molecule has 1 aromatic rings. The fourth-order valence-electron chi connectivity index (χ4n) is 2.74. The summed E-state index contributed by atoms with van der Waals surface area (Å²) in [6.07, 6.45) is 6.54. The molecule has 0 amide bonds. The fourth-order valence-corrected chi connectivity index (χ4v) is 2.74. The Morgan fingerprint density at radius 3 is 2.65 bits per heavy atom. The number of hydrogen-bond acceptors (Lipinski definition) is 3. The highest BCUT2D eigenvalue weighted by Gasteiger charge is 2.41. The molecule has 3 nitrogen and oxygen atoms in total. The Hall–Kier alpha value is -1.32. The molecule has 0 radical (unpaired) electrons. The van der Waals surface area contributed by atoms with Gasteiger partial charge in [-0.25, -0.2) is 0 Å². The molecule has 1 heterocycles. The predicted octanol–water partition coefficient (Wildman–Crippen LogP) is 3.42. The van der Waals surface area contributed by atoms with E-state index in [1.54, 1.807) is 7.11 Å². The zero-order valence-electron chi connectivity index (χ0n) is 12.5. The van der Waals surface area contributed by atoms with Gasteiger partial charge in [0.25, 0.3) is 0 Å². The van der Waals surface area contributed by atoms with Gasteiger partial charge in [0.15, 0.2) is 0 Å². The highest BCUT2D eigenvalue weighted by atomic mass is 16.5. The second-order valence-electron chi connectivity index (χ2n) is 5.42. The van der Waals surface area contributed by atoms with Crippen molar-refractivity contribution in [3.05, 3.63) is 35.9 Å². The number of aliphatic hydroxyl groups is 1. The first-order valence-corrected chi connectivity index (χ1v) is 7.28. The van der Waals surface area contributed by atoms with Crippen LogP contribution in [0.3, 0.4) is 0 Å². The SMILES string of the molecule is CC[C@@]1([C@@H](C)O)CC[C@H](/C=C/c2ccc(OC)cc2)O1. The lowest BCUT2D eigenvalue weighted by Crippen LogP contribution is -2.39. The second kappa shape index (κ2) is 6.42. The number of rotatable bonds is 5. The Kier molecular flexibility index (Phi) is 4.84. The molecule has 2 rings (SSSR count). The molecule has 20 heavy (non-hydrogen) atoms. The summed E-state index contributed by atoms with van der Waals surface area (Å²) in [4.78, 5) is 0. The third-order valence-electron chi connectivity index (χ3n) is 4.22. The van der Waals surface area contributed by atoms with Crippen molar-refractivity contribution in [1.82, 2.24) is 0 Å². The van der Waals surface area contributed by atoms with E-state index < -0.39 is 6.10 Å². The van der Waals surface area contributed by atoms with Crippen molar-refractivity contribution in [1.29, 1.82) is 0 Å². The smallest absolute Gasteiger partial charge is 0.118 e. The van der Waals surface area contributed by atoms with Gasteiger partial charge >= 0.3 is 0 Å². The third-order valence-corrected chi connectivity index (χ3v) is 4.22. The van der Waals surface area contributed by atoms with Gasteiger partial charge in [-0.2, -0.15) is 0 Å². The van der Waals surface area contributed by atoms with Gasteiger partial charge in [0.05, 0.1) is 24.9 Å². The minimum atomic E-state index is -0.424. The molecule has 0 unspecified atom stereocenters. The number of hydrogen-bond donors (Lipinski definition) is 1. The predicted molar refractivity (Wildman–Crippen MR) is 80.8 cm³/mol. The van der Waals surface area contributed by atoms with Gasteiger partial charge in [0, 0.05) is 0 Å². The van der Waals surface area contributed by atoms with Crippen LogP contribution in [0.1, 0.15) is 38.7 Å². The van der Waals surface area contributed by atoms with E-state index in [1.165, 1.54) is 0 Å². The summed E-state index contributed by atoms with van der Waals surface area (Å²) in [5.74, 6) is 0.860. The van der Waals surface area contributed by atoms with E-state index in [2.05, 4.69) is 19.1 Å². The van der Waals surface area contributed by atoms with E-state index in [1.807, 2.05) is 31.2 Å². The van der Waals surface area contributed by atoms with Gasteiger partial charge in [0.2, 0.25) is 0 Å². The zero-order chi connectivity index (χ0) is 14.6. The van der Waals surface area contributed by atoms with Gasteiger partial charge in [-0.15, -0.1) is 0 Å². The molecule has 110 valence electrons. The summed E-state index contributed by atoms with van der Waals surface area (Å²) in [5.41, 5.74) is 0.759. The van der Waals surface area contributed by atoms with Crippen LogP contribution in [0.2, 0.25) is 0 Å². The van der Waals surface area contributed by atoms with Crippen molar-refractivity contribution in [3.8, 4) is 5.75 Å². The number of benzene rings is 1. The molecule has 0 saturated carbocycles. The number of methoxy groups -OCH3 is 1. The fraction of sp³-hybridized carbons (Fsp3) is 0.529. The molecule has 1 aliphatic heterocycles. The normalized spacial score (nSPS) is 27.9. The van der Waals surface area contributed by atoms with Crippen LogP contribution < -0.4 is 4.74 Å². The van der Waals surface area contributed by atoms with Gasteiger partial charge in [-0.05, 0) is 43.9 Å². The van der Waals surface area contributed by atoms with Crippen molar-refractivity contribution in [2.75, 3.05) is 7.11 Å². The van der Waals surface area contributed by atoms with Gasteiger partial charge in [-0.3, -0.25) is 0 Å². The standard InChI is InChI=1S/C17H24O3/c1-4-17(13(2)18)12-11-16(20-17)10-7-14-5-8-15(19-3)9-6-14/h5-10,13,16,18H,4,11-12H2,1-3H3/b10-7+/t13-,16+,17+/m1/s1. The molecule has 0 bridgehead atoms. The summed E-state index contributed by atoms with van der Waals surface area (Å²) < 4.78 is 11.2. The Morgan fingerprint density at radius 2 is 2.15 bits per heavy atom. The van der Waals surface area contributed by atoms with E-state index in [0.29, 0.717) is 0 Å². The topological polar surface area (TPSA) is 38.7 Å². The summed E-state index contributed by atoms with van der Waals surface area (Å²) in [6.45, 7) is 3.89. The van der Waals surface area contributed by atoms with Crippen molar-refractivity contribution >= 4 is 6.08 Å². The minimum absolute atomic E-state index is 0.0895. The van der Waals surface area contributed by atoms with Crippen LogP contribution in [0.25, 0.3) is 6.08 Å².